The number of aromatic nitrogens is 2. The number of Topliss-reactive ketones (excluding diaryl/α,β-unsaturated/α-hetero) is 1. The lowest BCUT2D eigenvalue weighted by atomic mass is 10.1. The van der Waals surface area contributed by atoms with Crippen LogP contribution in [-0.2, 0) is 10.0 Å². The largest absolute Gasteiger partial charge is 0.441 e. The third kappa shape index (κ3) is 3.66. The van der Waals surface area contributed by atoms with Crippen LogP contribution in [0.4, 0.5) is 5.69 Å². The highest BCUT2D eigenvalue weighted by Gasteiger charge is 2.20. The maximum Gasteiger partial charge on any atom is 0.295 e. The molecule has 1 aromatic carbocycles. The van der Waals surface area contributed by atoms with E-state index in [9.17, 15) is 18.0 Å². The lowest BCUT2D eigenvalue weighted by Gasteiger charge is -2.06. The number of furan rings is 1. The molecule has 128 valence electrons. The number of carbonyl (C=O) groups is 1. The van der Waals surface area contributed by atoms with Gasteiger partial charge in [-0.2, -0.15) is 13.5 Å². The molecular weight excluding hydrogens is 346 g/mol. The summed E-state index contributed by atoms with van der Waals surface area (Å²) in [6, 6.07) is 11.5. The van der Waals surface area contributed by atoms with Gasteiger partial charge in [-0.1, -0.05) is 12.1 Å². The van der Waals surface area contributed by atoms with E-state index in [1.165, 1.54) is 43.3 Å². The van der Waals surface area contributed by atoms with Crippen molar-refractivity contribution in [3.63, 3.8) is 0 Å². The third-order valence-corrected chi connectivity index (χ3v) is 4.55. The minimum atomic E-state index is -3.98. The molecule has 0 saturated carbocycles. The van der Waals surface area contributed by atoms with Crippen molar-refractivity contribution >= 4 is 21.5 Å². The van der Waals surface area contributed by atoms with Crippen molar-refractivity contribution in [1.29, 1.82) is 0 Å². The molecule has 8 nitrogen and oxygen atoms in total. The van der Waals surface area contributed by atoms with E-state index >= 15 is 0 Å². The van der Waals surface area contributed by atoms with Crippen LogP contribution in [0.5, 0.6) is 0 Å². The molecular formula is C16H13N3O5S. The standard InChI is InChI=1S/C16H13N3O5S/c1-10(20)11-3-2-4-12(9-11)19-25(22,23)16-8-6-14(24-16)13-5-7-15(21)18-17-13/h2-9,19H,1H3,(H,18,21). The first-order chi connectivity index (χ1) is 11.8. The molecule has 0 saturated heterocycles. The van der Waals surface area contributed by atoms with Crippen molar-refractivity contribution in [2.45, 2.75) is 12.0 Å². The monoisotopic (exact) mass is 359 g/mol. The maximum atomic E-state index is 12.4. The number of nitrogens with zero attached hydrogens (tertiary/aromatic N) is 1. The molecule has 0 aliphatic rings. The van der Waals surface area contributed by atoms with Gasteiger partial charge in [0, 0.05) is 17.3 Å². The van der Waals surface area contributed by atoms with Crippen LogP contribution in [0.2, 0.25) is 0 Å². The highest BCUT2D eigenvalue weighted by Crippen LogP contribution is 2.24. The Balaban J connectivity index is 1.88. The minimum Gasteiger partial charge on any atom is -0.441 e. The van der Waals surface area contributed by atoms with Gasteiger partial charge in [0.1, 0.15) is 5.69 Å². The fraction of sp³-hybridized carbons (Fsp3) is 0.0625. The number of hydrogen-bond acceptors (Lipinski definition) is 6. The van der Waals surface area contributed by atoms with Crippen molar-refractivity contribution in [2.75, 3.05) is 4.72 Å². The number of H-pyrrole nitrogens is 1. The van der Waals surface area contributed by atoms with Gasteiger partial charge in [-0.15, -0.1) is 0 Å². The Bertz CT molecular complexity index is 1080. The summed E-state index contributed by atoms with van der Waals surface area (Å²) in [5.41, 5.74) is 0.542. The Labute approximate surface area is 142 Å². The number of aromatic amines is 1. The molecule has 3 aromatic rings. The highest BCUT2D eigenvalue weighted by atomic mass is 32.2. The molecule has 2 aromatic heterocycles. The lowest BCUT2D eigenvalue weighted by molar-refractivity contribution is 0.101. The zero-order valence-electron chi connectivity index (χ0n) is 13.0. The number of benzene rings is 1. The summed E-state index contributed by atoms with van der Waals surface area (Å²) >= 11 is 0. The van der Waals surface area contributed by atoms with E-state index in [1.807, 2.05) is 0 Å². The Morgan fingerprint density at radius 1 is 1.16 bits per heavy atom. The van der Waals surface area contributed by atoms with Crippen LogP contribution >= 0.6 is 0 Å². The molecule has 0 aliphatic carbocycles. The summed E-state index contributed by atoms with van der Waals surface area (Å²) in [4.78, 5) is 22.4. The lowest BCUT2D eigenvalue weighted by Crippen LogP contribution is -2.12. The van der Waals surface area contributed by atoms with E-state index in [-0.39, 0.29) is 27.9 Å². The molecule has 25 heavy (non-hydrogen) atoms. The summed E-state index contributed by atoms with van der Waals surface area (Å²) in [6.07, 6.45) is 0. The molecule has 2 heterocycles. The SMILES string of the molecule is CC(=O)c1cccc(NS(=O)(=O)c2ccc(-c3ccc(=O)[nH]n3)o2)c1. The van der Waals surface area contributed by atoms with Gasteiger partial charge in [0.25, 0.3) is 15.6 Å². The van der Waals surface area contributed by atoms with Crippen molar-refractivity contribution in [2.24, 2.45) is 0 Å². The summed E-state index contributed by atoms with van der Waals surface area (Å²) in [5.74, 6) is 0.0135. The second kappa shape index (κ2) is 6.36. The smallest absolute Gasteiger partial charge is 0.295 e. The van der Waals surface area contributed by atoms with Gasteiger partial charge in [0.2, 0.25) is 5.09 Å². The highest BCUT2D eigenvalue weighted by molar-refractivity contribution is 7.92. The van der Waals surface area contributed by atoms with Crippen LogP contribution in [-0.4, -0.2) is 24.4 Å². The first-order valence-corrected chi connectivity index (χ1v) is 8.63. The Morgan fingerprint density at radius 2 is 1.96 bits per heavy atom. The van der Waals surface area contributed by atoms with Gasteiger partial charge in [-0.05, 0) is 37.3 Å². The van der Waals surface area contributed by atoms with Gasteiger partial charge >= 0.3 is 0 Å². The van der Waals surface area contributed by atoms with Gasteiger partial charge in [0.05, 0.1) is 0 Å². The molecule has 0 radical (unpaired) electrons. The number of carbonyl (C=O) groups excluding carboxylic acids is 1. The summed E-state index contributed by atoms with van der Waals surface area (Å²) < 4.78 is 32.5. The molecule has 0 bridgehead atoms. The van der Waals surface area contributed by atoms with E-state index in [1.54, 1.807) is 12.1 Å². The van der Waals surface area contributed by atoms with Gasteiger partial charge in [-0.25, -0.2) is 5.10 Å². The fourth-order valence-electron chi connectivity index (χ4n) is 2.09. The molecule has 3 rings (SSSR count). The van der Waals surface area contributed by atoms with Crippen LogP contribution < -0.4 is 10.3 Å². The Morgan fingerprint density at radius 3 is 2.64 bits per heavy atom. The Kier molecular flexibility index (Phi) is 4.24. The first-order valence-electron chi connectivity index (χ1n) is 7.15. The molecule has 0 spiro atoms. The van der Waals surface area contributed by atoms with Gasteiger partial charge < -0.3 is 4.42 Å². The molecule has 0 fully saturated rings. The summed E-state index contributed by atoms with van der Waals surface area (Å²) in [7, 11) is -3.98. The van der Waals surface area contributed by atoms with Crippen molar-refractivity contribution < 1.29 is 17.6 Å². The van der Waals surface area contributed by atoms with Crippen LogP contribution in [0.25, 0.3) is 11.5 Å². The van der Waals surface area contributed by atoms with E-state index in [0.29, 0.717) is 11.3 Å². The molecule has 0 aliphatic heterocycles. The maximum absolute atomic E-state index is 12.4. The first kappa shape index (κ1) is 16.7. The molecule has 0 atom stereocenters. The van der Waals surface area contributed by atoms with E-state index < -0.39 is 10.0 Å². The van der Waals surface area contributed by atoms with E-state index in [4.69, 9.17) is 4.42 Å². The van der Waals surface area contributed by atoms with E-state index in [2.05, 4.69) is 14.9 Å². The topological polar surface area (TPSA) is 122 Å². The van der Waals surface area contributed by atoms with E-state index in [0.717, 1.165) is 0 Å². The van der Waals surface area contributed by atoms with Crippen LogP contribution in [0.3, 0.4) is 0 Å². The summed E-state index contributed by atoms with van der Waals surface area (Å²) in [6.45, 7) is 1.39. The second-order valence-electron chi connectivity index (χ2n) is 5.17. The number of anilines is 1. The second-order valence-corrected chi connectivity index (χ2v) is 6.78. The minimum absolute atomic E-state index is 0.175. The van der Waals surface area contributed by atoms with Gasteiger partial charge in [0.15, 0.2) is 11.5 Å². The zero-order valence-corrected chi connectivity index (χ0v) is 13.8. The molecule has 0 unspecified atom stereocenters. The van der Waals surface area contributed by atoms with Crippen molar-refractivity contribution in [3.8, 4) is 11.5 Å². The predicted octanol–water partition coefficient (Wildman–Crippen LogP) is 2.03. The fourth-order valence-corrected chi connectivity index (χ4v) is 3.08. The third-order valence-electron chi connectivity index (χ3n) is 3.30. The number of nitrogens with one attached hydrogen (secondary N) is 2. The van der Waals surface area contributed by atoms with Gasteiger partial charge in [-0.3, -0.25) is 14.3 Å². The molecule has 0 amide bonds. The number of sulfonamides is 1. The molecule has 2 N–H and O–H groups in total. The average Bonchev–Trinajstić information content (AvgIpc) is 3.06. The summed E-state index contributed by atoms with van der Waals surface area (Å²) in [5, 5.41) is 5.70. The predicted molar refractivity (Wildman–Crippen MR) is 89.8 cm³/mol. The zero-order chi connectivity index (χ0) is 18.0. The van der Waals surface area contributed by atoms with Crippen LogP contribution in [0, 0.1) is 0 Å². The molecule has 9 heteroatoms. The quantitative estimate of drug-likeness (QED) is 0.672. The number of hydrogen-bond donors (Lipinski definition) is 2. The average molecular weight is 359 g/mol. The Hall–Kier alpha value is -3.20. The van der Waals surface area contributed by atoms with Crippen molar-refractivity contribution in [1.82, 2.24) is 10.2 Å². The number of rotatable bonds is 5. The van der Waals surface area contributed by atoms with Crippen LogP contribution in [0.1, 0.15) is 17.3 Å². The number of ketones is 1. The van der Waals surface area contributed by atoms with Crippen LogP contribution in [0.15, 0.2) is 62.8 Å². The normalized spacial score (nSPS) is 11.2. The van der Waals surface area contributed by atoms with Crippen molar-refractivity contribution in [3.05, 3.63) is 64.4 Å².